The van der Waals surface area contributed by atoms with Crippen molar-refractivity contribution in [2.75, 3.05) is 6.54 Å². The molecule has 2 aromatic rings. The minimum atomic E-state index is -0.826. The van der Waals surface area contributed by atoms with Crippen molar-refractivity contribution >= 4 is 11.0 Å². The number of furan rings is 1. The van der Waals surface area contributed by atoms with Crippen LogP contribution in [-0.4, -0.2) is 28.6 Å². The number of aryl methyl sites for hydroxylation is 1. The van der Waals surface area contributed by atoms with E-state index >= 15 is 0 Å². The van der Waals surface area contributed by atoms with Crippen molar-refractivity contribution in [1.29, 1.82) is 0 Å². The largest absolute Gasteiger partial charge is 0.458 e. The Morgan fingerprint density at radius 3 is 2.85 bits per heavy atom. The lowest BCUT2D eigenvalue weighted by Gasteiger charge is -2.21. The molecule has 2 aliphatic rings. The molecule has 1 saturated carbocycles. The average molecular weight is 271 g/mol. The number of hydrogen-bond acceptors (Lipinski definition) is 3. The Morgan fingerprint density at radius 1 is 1.35 bits per heavy atom. The van der Waals surface area contributed by atoms with Gasteiger partial charge in [-0.25, -0.2) is 0 Å². The predicted octanol–water partition coefficient (Wildman–Crippen LogP) is 3.19. The maximum absolute atomic E-state index is 11.0. The van der Waals surface area contributed by atoms with Crippen molar-refractivity contribution in [2.45, 2.75) is 50.8 Å². The van der Waals surface area contributed by atoms with Crippen LogP contribution in [0.4, 0.5) is 0 Å². The highest BCUT2D eigenvalue weighted by Gasteiger charge is 2.48. The summed E-state index contributed by atoms with van der Waals surface area (Å²) in [7, 11) is 0. The molecule has 0 radical (unpaired) electrons. The zero-order valence-corrected chi connectivity index (χ0v) is 12.1. The Bertz CT molecular complexity index is 658. The average Bonchev–Trinajstić information content (AvgIpc) is 3.05. The zero-order valence-electron chi connectivity index (χ0n) is 12.1. The first-order valence-electron chi connectivity index (χ1n) is 7.55. The van der Waals surface area contributed by atoms with Crippen molar-refractivity contribution in [3.05, 3.63) is 35.6 Å². The Morgan fingerprint density at radius 2 is 2.15 bits per heavy atom. The van der Waals surface area contributed by atoms with Gasteiger partial charge < -0.3 is 9.52 Å². The number of rotatable bonds is 2. The number of nitrogens with zero attached hydrogens (tertiary/aromatic N) is 1. The minimum Gasteiger partial charge on any atom is -0.458 e. The van der Waals surface area contributed by atoms with Crippen molar-refractivity contribution in [1.82, 2.24) is 4.90 Å². The van der Waals surface area contributed by atoms with E-state index in [1.165, 1.54) is 12.8 Å². The van der Waals surface area contributed by atoms with Gasteiger partial charge in [0.1, 0.15) is 16.9 Å². The monoisotopic (exact) mass is 271 g/mol. The van der Waals surface area contributed by atoms with Crippen LogP contribution in [0.2, 0.25) is 0 Å². The van der Waals surface area contributed by atoms with Crippen LogP contribution in [0.1, 0.15) is 37.5 Å². The fraction of sp³-hybridized carbons (Fsp3) is 0.529. The maximum atomic E-state index is 11.0. The van der Waals surface area contributed by atoms with Gasteiger partial charge in [-0.05, 0) is 44.7 Å². The van der Waals surface area contributed by atoms with Crippen LogP contribution in [-0.2, 0) is 5.60 Å². The van der Waals surface area contributed by atoms with Gasteiger partial charge in [0.2, 0.25) is 0 Å². The molecule has 1 aliphatic heterocycles. The molecule has 3 nitrogen and oxygen atoms in total. The van der Waals surface area contributed by atoms with Crippen molar-refractivity contribution in [2.24, 2.45) is 0 Å². The van der Waals surface area contributed by atoms with Crippen molar-refractivity contribution in [3.8, 4) is 0 Å². The summed E-state index contributed by atoms with van der Waals surface area (Å²) in [4.78, 5) is 2.44. The molecule has 0 spiro atoms. The molecule has 2 fully saturated rings. The molecule has 2 unspecified atom stereocenters. The smallest absolute Gasteiger partial charge is 0.138 e. The van der Waals surface area contributed by atoms with E-state index in [0.717, 1.165) is 28.7 Å². The zero-order chi connectivity index (χ0) is 13.9. The highest BCUT2D eigenvalue weighted by atomic mass is 16.4. The molecule has 1 aliphatic carbocycles. The van der Waals surface area contributed by atoms with E-state index in [0.29, 0.717) is 18.6 Å². The molecule has 1 saturated heterocycles. The quantitative estimate of drug-likeness (QED) is 0.911. The van der Waals surface area contributed by atoms with Crippen LogP contribution < -0.4 is 0 Å². The summed E-state index contributed by atoms with van der Waals surface area (Å²) in [5.74, 6) is 0.733. The first-order valence-corrected chi connectivity index (χ1v) is 7.55. The molecule has 0 amide bonds. The van der Waals surface area contributed by atoms with E-state index in [2.05, 4.69) is 17.9 Å². The molecule has 1 aromatic carbocycles. The van der Waals surface area contributed by atoms with Crippen LogP contribution in [0.3, 0.4) is 0 Å². The molecule has 2 atom stereocenters. The lowest BCUT2D eigenvalue weighted by molar-refractivity contribution is 0.0249. The Labute approximate surface area is 119 Å². The van der Waals surface area contributed by atoms with Crippen LogP contribution >= 0.6 is 0 Å². The van der Waals surface area contributed by atoms with Gasteiger partial charge in [-0.1, -0.05) is 18.2 Å². The standard InChI is InChI=1S/C17H21NO2/c1-11-4-3-5-13-8-15(20-16(11)13)17(19)9-12(2)18(10-17)14-6-7-14/h3-5,8,12,14,19H,6-7,9-10H2,1-2H3. The molecular formula is C17H21NO2. The number of para-hydroxylation sites is 1. The van der Waals surface area contributed by atoms with E-state index in [9.17, 15) is 5.11 Å². The topological polar surface area (TPSA) is 36.6 Å². The van der Waals surface area contributed by atoms with E-state index in [4.69, 9.17) is 4.42 Å². The number of β-amino-alcohol motifs (C(OH)–C–C–N with tert-alkyl or cyclic N) is 1. The second-order valence-corrected chi connectivity index (χ2v) is 6.59. The minimum absolute atomic E-state index is 0.432. The van der Waals surface area contributed by atoms with Crippen molar-refractivity contribution < 1.29 is 9.52 Å². The highest BCUT2D eigenvalue weighted by Crippen LogP contribution is 2.43. The number of likely N-dealkylation sites (tertiary alicyclic amines) is 1. The summed E-state index contributed by atoms with van der Waals surface area (Å²) in [5.41, 5.74) is 1.21. The van der Waals surface area contributed by atoms with Crippen LogP contribution in [0.5, 0.6) is 0 Å². The number of aliphatic hydroxyl groups is 1. The lowest BCUT2D eigenvalue weighted by atomic mass is 9.97. The van der Waals surface area contributed by atoms with Gasteiger partial charge in [-0.3, -0.25) is 4.90 Å². The second-order valence-electron chi connectivity index (χ2n) is 6.59. The third kappa shape index (κ3) is 1.80. The first-order chi connectivity index (χ1) is 9.57. The number of hydrogen-bond donors (Lipinski definition) is 1. The van der Waals surface area contributed by atoms with Gasteiger partial charge in [-0.15, -0.1) is 0 Å². The number of fused-ring (bicyclic) bond motifs is 1. The molecule has 1 N–H and O–H groups in total. The van der Waals surface area contributed by atoms with Crippen LogP contribution in [0.25, 0.3) is 11.0 Å². The summed E-state index contributed by atoms with van der Waals surface area (Å²) in [6, 6.07) is 9.27. The van der Waals surface area contributed by atoms with Gasteiger partial charge in [0.25, 0.3) is 0 Å². The molecule has 20 heavy (non-hydrogen) atoms. The van der Waals surface area contributed by atoms with Gasteiger partial charge in [0.05, 0.1) is 0 Å². The van der Waals surface area contributed by atoms with Crippen LogP contribution in [0.15, 0.2) is 28.7 Å². The predicted molar refractivity (Wildman–Crippen MR) is 78.7 cm³/mol. The van der Waals surface area contributed by atoms with Gasteiger partial charge >= 0.3 is 0 Å². The third-order valence-corrected chi connectivity index (χ3v) is 4.86. The number of benzene rings is 1. The van der Waals surface area contributed by atoms with E-state index < -0.39 is 5.60 Å². The second kappa shape index (κ2) is 4.09. The van der Waals surface area contributed by atoms with Crippen molar-refractivity contribution in [3.63, 3.8) is 0 Å². The highest BCUT2D eigenvalue weighted by molar-refractivity contribution is 5.81. The van der Waals surface area contributed by atoms with E-state index in [1.807, 2.05) is 25.1 Å². The lowest BCUT2D eigenvalue weighted by Crippen LogP contribution is -2.33. The maximum Gasteiger partial charge on any atom is 0.138 e. The summed E-state index contributed by atoms with van der Waals surface area (Å²) in [5, 5.41) is 12.1. The van der Waals surface area contributed by atoms with Gasteiger partial charge in [-0.2, -0.15) is 0 Å². The Hall–Kier alpha value is -1.32. The van der Waals surface area contributed by atoms with E-state index in [1.54, 1.807) is 0 Å². The Balaban J connectivity index is 1.73. The summed E-state index contributed by atoms with van der Waals surface area (Å²) >= 11 is 0. The fourth-order valence-corrected chi connectivity index (χ4v) is 3.64. The summed E-state index contributed by atoms with van der Waals surface area (Å²) in [6.07, 6.45) is 3.32. The molecule has 106 valence electrons. The fourth-order valence-electron chi connectivity index (χ4n) is 3.64. The third-order valence-electron chi connectivity index (χ3n) is 4.86. The van der Waals surface area contributed by atoms with Crippen LogP contribution in [0, 0.1) is 6.92 Å². The molecular weight excluding hydrogens is 250 g/mol. The summed E-state index contributed by atoms with van der Waals surface area (Å²) in [6.45, 7) is 4.97. The normalized spacial score (nSPS) is 31.2. The first kappa shape index (κ1) is 12.4. The SMILES string of the molecule is Cc1cccc2cc(C3(O)CC(C)N(C4CC4)C3)oc12. The molecule has 0 bridgehead atoms. The molecule has 1 aromatic heterocycles. The molecule has 2 heterocycles. The van der Waals surface area contributed by atoms with Gasteiger partial charge in [0.15, 0.2) is 0 Å². The summed E-state index contributed by atoms with van der Waals surface area (Å²) < 4.78 is 6.01. The molecule has 4 rings (SSSR count). The van der Waals surface area contributed by atoms with E-state index in [-0.39, 0.29) is 0 Å². The Kier molecular flexibility index (Phi) is 2.54. The molecule has 3 heteroatoms. The van der Waals surface area contributed by atoms with Gasteiger partial charge in [0, 0.05) is 24.0 Å².